The van der Waals surface area contributed by atoms with Crippen LogP contribution >= 0.6 is 0 Å². The van der Waals surface area contributed by atoms with Crippen LogP contribution in [0.25, 0.3) is 0 Å². The van der Waals surface area contributed by atoms with E-state index >= 15 is 0 Å². The second kappa shape index (κ2) is 6.01. The second-order valence-corrected chi connectivity index (χ2v) is 8.95. The summed E-state index contributed by atoms with van der Waals surface area (Å²) in [6.07, 6.45) is 1.87. The minimum Gasteiger partial charge on any atom is -0.337 e. The Balaban J connectivity index is 1.90. The molecule has 1 aromatic carbocycles. The third kappa shape index (κ3) is 3.35. The van der Waals surface area contributed by atoms with Crippen LogP contribution in [0.4, 0.5) is 0 Å². The van der Waals surface area contributed by atoms with Gasteiger partial charge in [-0.1, -0.05) is 65.0 Å². The molecule has 134 valence electrons. The molecular weight excluding hydrogens is 310 g/mol. The van der Waals surface area contributed by atoms with Crippen molar-refractivity contribution in [1.29, 1.82) is 0 Å². The Morgan fingerprint density at radius 1 is 1.20 bits per heavy atom. The molecule has 0 aliphatic carbocycles. The third-order valence-corrected chi connectivity index (χ3v) is 5.20. The smallest absolute Gasteiger partial charge is 0.257 e. The molecule has 2 heterocycles. The molecule has 0 saturated carbocycles. The van der Waals surface area contributed by atoms with Crippen LogP contribution in [0.1, 0.15) is 62.2 Å². The Bertz CT molecular complexity index is 768. The van der Waals surface area contributed by atoms with Crippen LogP contribution < -0.4 is 0 Å². The molecule has 1 aliphatic heterocycles. The van der Waals surface area contributed by atoms with Gasteiger partial charge in [0, 0.05) is 37.7 Å². The molecule has 1 atom stereocenters. The Labute approximate surface area is 150 Å². The van der Waals surface area contributed by atoms with Crippen molar-refractivity contribution in [3.63, 3.8) is 0 Å². The van der Waals surface area contributed by atoms with E-state index in [1.54, 1.807) is 4.68 Å². The average molecular weight is 339 g/mol. The Kier molecular flexibility index (Phi) is 4.26. The maximum atomic E-state index is 13.3. The first-order valence-corrected chi connectivity index (χ1v) is 8.98. The summed E-state index contributed by atoms with van der Waals surface area (Å²) < 4.78 is 1.75. The summed E-state index contributed by atoms with van der Waals surface area (Å²) in [7, 11) is 1.88. The lowest BCUT2D eigenvalue weighted by Gasteiger charge is -2.25. The summed E-state index contributed by atoms with van der Waals surface area (Å²) in [5, 5.41) is 4.56. The summed E-state index contributed by atoms with van der Waals surface area (Å²) in [5.74, 6) is 0.455. The highest BCUT2D eigenvalue weighted by molar-refractivity contribution is 5.95. The predicted molar refractivity (Wildman–Crippen MR) is 101 cm³/mol. The summed E-state index contributed by atoms with van der Waals surface area (Å²) in [6.45, 7) is 12.3. The number of aryl methyl sites for hydroxylation is 1. The molecule has 1 amide bonds. The molecule has 4 nitrogen and oxygen atoms in total. The molecule has 25 heavy (non-hydrogen) atoms. The molecule has 0 unspecified atom stereocenters. The fourth-order valence-corrected chi connectivity index (χ4v) is 3.90. The van der Waals surface area contributed by atoms with Gasteiger partial charge in [0.2, 0.25) is 0 Å². The Morgan fingerprint density at radius 3 is 2.44 bits per heavy atom. The zero-order chi connectivity index (χ0) is 18.4. The molecule has 0 N–H and O–H groups in total. The SMILES string of the molecule is Cn1cc(C(=O)N2C[C@H](c3ccccc3)C(C)(C)C2)c(C(C)(C)C)n1. The molecule has 0 spiro atoms. The van der Waals surface area contributed by atoms with Gasteiger partial charge >= 0.3 is 0 Å². The van der Waals surface area contributed by atoms with Crippen molar-refractivity contribution >= 4 is 5.91 Å². The van der Waals surface area contributed by atoms with Crippen molar-refractivity contribution < 1.29 is 4.79 Å². The zero-order valence-corrected chi connectivity index (χ0v) is 16.2. The van der Waals surface area contributed by atoms with Gasteiger partial charge in [0.15, 0.2) is 0 Å². The van der Waals surface area contributed by atoms with Gasteiger partial charge in [0.25, 0.3) is 5.91 Å². The van der Waals surface area contributed by atoms with E-state index < -0.39 is 0 Å². The average Bonchev–Trinajstić information content (AvgIpc) is 3.07. The fourth-order valence-electron chi connectivity index (χ4n) is 3.90. The van der Waals surface area contributed by atoms with Crippen LogP contribution in [0.2, 0.25) is 0 Å². The molecule has 4 heteroatoms. The number of amides is 1. The highest BCUT2D eigenvalue weighted by Gasteiger charge is 2.43. The van der Waals surface area contributed by atoms with Gasteiger partial charge in [-0.3, -0.25) is 9.48 Å². The first-order valence-electron chi connectivity index (χ1n) is 8.98. The van der Waals surface area contributed by atoms with Gasteiger partial charge in [-0.25, -0.2) is 0 Å². The van der Waals surface area contributed by atoms with Gasteiger partial charge in [-0.05, 0) is 11.0 Å². The van der Waals surface area contributed by atoms with Crippen LogP contribution in [-0.4, -0.2) is 33.7 Å². The number of hydrogen-bond acceptors (Lipinski definition) is 2. The third-order valence-electron chi connectivity index (χ3n) is 5.20. The van der Waals surface area contributed by atoms with Crippen LogP contribution in [0.3, 0.4) is 0 Å². The topological polar surface area (TPSA) is 38.1 Å². The van der Waals surface area contributed by atoms with E-state index in [1.165, 1.54) is 5.56 Å². The lowest BCUT2D eigenvalue weighted by Crippen LogP contribution is -2.31. The van der Waals surface area contributed by atoms with Gasteiger partial charge < -0.3 is 4.90 Å². The van der Waals surface area contributed by atoms with E-state index in [1.807, 2.05) is 24.2 Å². The normalized spacial score (nSPS) is 20.1. The summed E-state index contributed by atoms with van der Waals surface area (Å²) >= 11 is 0. The first-order chi connectivity index (χ1) is 11.6. The number of carbonyl (C=O) groups is 1. The van der Waals surface area contributed by atoms with E-state index in [0.717, 1.165) is 24.3 Å². The number of likely N-dealkylation sites (tertiary alicyclic amines) is 1. The second-order valence-electron chi connectivity index (χ2n) is 8.95. The molecule has 1 aromatic heterocycles. The van der Waals surface area contributed by atoms with Crippen molar-refractivity contribution in [1.82, 2.24) is 14.7 Å². The quantitative estimate of drug-likeness (QED) is 0.830. The van der Waals surface area contributed by atoms with Gasteiger partial charge in [0.05, 0.1) is 11.3 Å². The molecule has 0 radical (unpaired) electrons. The summed E-state index contributed by atoms with van der Waals surface area (Å²) in [6, 6.07) is 10.5. The van der Waals surface area contributed by atoms with Crippen molar-refractivity contribution in [2.75, 3.05) is 13.1 Å². The molecular formula is C21H29N3O. The van der Waals surface area contributed by atoms with Crippen LogP contribution in [0, 0.1) is 5.41 Å². The minimum atomic E-state index is -0.152. The predicted octanol–water partition coefficient (Wildman–Crippen LogP) is 3.98. The molecule has 1 saturated heterocycles. The number of hydrogen-bond donors (Lipinski definition) is 0. The fraction of sp³-hybridized carbons (Fsp3) is 0.524. The lowest BCUT2D eigenvalue weighted by molar-refractivity contribution is 0.0775. The number of aromatic nitrogens is 2. The zero-order valence-electron chi connectivity index (χ0n) is 16.2. The van der Waals surface area contributed by atoms with E-state index in [2.05, 4.69) is 64.0 Å². The monoisotopic (exact) mass is 339 g/mol. The Morgan fingerprint density at radius 2 is 1.84 bits per heavy atom. The Hall–Kier alpha value is -2.10. The van der Waals surface area contributed by atoms with Crippen molar-refractivity contribution in [3.05, 3.63) is 53.3 Å². The lowest BCUT2D eigenvalue weighted by atomic mass is 9.78. The van der Waals surface area contributed by atoms with Crippen LogP contribution in [0.5, 0.6) is 0 Å². The van der Waals surface area contributed by atoms with E-state index in [9.17, 15) is 4.79 Å². The van der Waals surface area contributed by atoms with Crippen LogP contribution in [0.15, 0.2) is 36.5 Å². The van der Waals surface area contributed by atoms with Gasteiger partial charge in [-0.2, -0.15) is 5.10 Å². The highest BCUT2D eigenvalue weighted by atomic mass is 16.2. The maximum absolute atomic E-state index is 13.3. The number of carbonyl (C=O) groups excluding carboxylic acids is 1. The first kappa shape index (κ1) is 17.7. The van der Waals surface area contributed by atoms with E-state index in [0.29, 0.717) is 5.92 Å². The van der Waals surface area contributed by atoms with Gasteiger partial charge in [-0.15, -0.1) is 0 Å². The maximum Gasteiger partial charge on any atom is 0.257 e. The van der Waals surface area contributed by atoms with E-state index in [-0.39, 0.29) is 16.7 Å². The largest absolute Gasteiger partial charge is 0.337 e. The summed E-state index contributed by atoms with van der Waals surface area (Å²) in [4.78, 5) is 15.3. The molecule has 0 bridgehead atoms. The van der Waals surface area contributed by atoms with Gasteiger partial charge in [0.1, 0.15) is 0 Å². The standard InChI is InChI=1S/C21H29N3O/c1-20(2,3)18-16(12-23(6)22-18)19(25)24-13-17(21(4,5)14-24)15-10-8-7-9-11-15/h7-12,17H,13-14H2,1-6H3/t17-/m1/s1. The summed E-state index contributed by atoms with van der Waals surface area (Å²) in [5.41, 5.74) is 2.83. The van der Waals surface area contributed by atoms with Crippen molar-refractivity contribution in [3.8, 4) is 0 Å². The van der Waals surface area contributed by atoms with Crippen molar-refractivity contribution in [2.24, 2.45) is 12.5 Å². The number of benzene rings is 1. The van der Waals surface area contributed by atoms with Crippen LogP contribution in [-0.2, 0) is 12.5 Å². The minimum absolute atomic E-state index is 0.0567. The number of nitrogens with zero attached hydrogens (tertiary/aromatic N) is 3. The number of rotatable bonds is 2. The van der Waals surface area contributed by atoms with E-state index in [4.69, 9.17) is 0 Å². The van der Waals surface area contributed by atoms with Crippen molar-refractivity contribution in [2.45, 2.75) is 46.0 Å². The highest BCUT2D eigenvalue weighted by Crippen LogP contribution is 2.43. The molecule has 1 fully saturated rings. The molecule has 3 rings (SSSR count). The molecule has 1 aliphatic rings. The molecule has 2 aromatic rings.